The number of aromatic nitrogens is 2. The maximum atomic E-state index is 9.29. The van der Waals surface area contributed by atoms with Gasteiger partial charge in [0.1, 0.15) is 23.5 Å². The van der Waals surface area contributed by atoms with Crippen LogP contribution in [0.2, 0.25) is 0 Å². The molecule has 0 bridgehead atoms. The number of nitrogens with one attached hydrogen (secondary N) is 2. The number of hydrogen-bond acceptors (Lipinski definition) is 5. The van der Waals surface area contributed by atoms with Crippen molar-refractivity contribution in [1.29, 1.82) is 5.26 Å². The van der Waals surface area contributed by atoms with Crippen molar-refractivity contribution in [2.75, 3.05) is 17.7 Å². The van der Waals surface area contributed by atoms with Crippen molar-refractivity contribution in [3.05, 3.63) is 41.2 Å². The van der Waals surface area contributed by atoms with Gasteiger partial charge in [-0.1, -0.05) is 26.0 Å². The molecule has 1 aromatic heterocycles. The van der Waals surface area contributed by atoms with Crippen LogP contribution in [-0.4, -0.2) is 17.0 Å². The maximum absolute atomic E-state index is 9.29. The van der Waals surface area contributed by atoms with Crippen molar-refractivity contribution in [3.63, 3.8) is 0 Å². The fourth-order valence-corrected chi connectivity index (χ4v) is 1.97. The van der Waals surface area contributed by atoms with Crippen molar-refractivity contribution in [2.24, 2.45) is 0 Å². The highest BCUT2D eigenvalue weighted by molar-refractivity contribution is 5.67. The SMILES string of the molecule is CNc1cc(Nc2cccc(C)c2C#N)nc(C(C)C)n1. The zero-order chi connectivity index (χ0) is 15.4. The van der Waals surface area contributed by atoms with E-state index in [1.54, 1.807) is 0 Å². The second-order valence-corrected chi connectivity index (χ2v) is 5.14. The van der Waals surface area contributed by atoms with E-state index in [-0.39, 0.29) is 5.92 Å². The molecule has 0 unspecified atom stereocenters. The second kappa shape index (κ2) is 6.23. The van der Waals surface area contributed by atoms with E-state index in [1.165, 1.54) is 0 Å². The van der Waals surface area contributed by atoms with Crippen LogP contribution in [0.5, 0.6) is 0 Å². The van der Waals surface area contributed by atoms with E-state index in [9.17, 15) is 5.26 Å². The lowest BCUT2D eigenvalue weighted by atomic mass is 10.1. The van der Waals surface area contributed by atoms with Gasteiger partial charge in [0.25, 0.3) is 0 Å². The molecule has 0 aliphatic rings. The molecule has 2 rings (SSSR count). The van der Waals surface area contributed by atoms with Gasteiger partial charge in [0.2, 0.25) is 0 Å². The summed E-state index contributed by atoms with van der Waals surface area (Å²) >= 11 is 0. The highest BCUT2D eigenvalue weighted by Crippen LogP contribution is 2.24. The lowest BCUT2D eigenvalue weighted by Crippen LogP contribution is -2.06. The van der Waals surface area contributed by atoms with Gasteiger partial charge in [-0.2, -0.15) is 5.26 Å². The zero-order valence-corrected chi connectivity index (χ0v) is 12.7. The summed E-state index contributed by atoms with van der Waals surface area (Å²) in [5, 5.41) is 15.5. The van der Waals surface area contributed by atoms with Crippen molar-refractivity contribution in [2.45, 2.75) is 26.7 Å². The zero-order valence-electron chi connectivity index (χ0n) is 12.7. The molecule has 1 heterocycles. The summed E-state index contributed by atoms with van der Waals surface area (Å²) < 4.78 is 0. The average Bonchev–Trinajstić information content (AvgIpc) is 2.47. The Morgan fingerprint density at radius 1 is 1.19 bits per heavy atom. The summed E-state index contributed by atoms with van der Waals surface area (Å²) in [6, 6.07) is 9.77. The smallest absolute Gasteiger partial charge is 0.136 e. The van der Waals surface area contributed by atoms with Crippen LogP contribution in [0.1, 0.15) is 36.7 Å². The van der Waals surface area contributed by atoms with Crippen LogP contribution in [0.4, 0.5) is 17.3 Å². The number of nitrogens with zero attached hydrogens (tertiary/aromatic N) is 3. The molecule has 108 valence electrons. The molecule has 2 N–H and O–H groups in total. The van der Waals surface area contributed by atoms with E-state index in [0.29, 0.717) is 11.4 Å². The van der Waals surface area contributed by atoms with Gasteiger partial charge in [0.15, 0.2) is 0 Å². The Balaban J connectivity index is 2.42. The Labute approximate surface area is 125 Å². The molecule has 21 heavy (non-hydrogen) atoms. The topological polar surface area (TPSA) is 73.6 Å². The molecule has 0 amide bonds. The monoisotopic (exact) mass is 281 g/mol. The third kappa shape index (κ3) is 3.29. The molecule has 0 atom stereocenters. The third-order valence-electron chi connectivity index (χ3n) is 3.16. The number of anilines is 3. The van der Waals surface area contributed by atoms with Crippen LogP contribution in [0, 0.1) is 18.3 Å². The molecule has 0 radical (unpaired) electrons. The van der Waals surface area contributed by atoms with Crippen LogP contribution in [0.25, 0.3) is 0 Å². The largest absolute Gasteiger partial charge is 0.373 e. The summed E-state index contributed by atoms with van der Waals surface area (Å²) in [5.74, 6) is 2.42. The predicted molar refractivity (Wildman–Crippen MR) is 84.8 cm³/mol. The van der Waals surface area contributed by atoms with Crippen molar-refractivity contribution in [1.82, 2.24) is 9.97 Å². The molecular weight excluding hydrogens is 262 g/mol. The maximum Gasteiger partial charge on any atom is 0.136 e. The summed E-state index contributed by atoms with van der Waals surface area (Å²) in [7, 11) is 1.82. The van der Waals surface area contributed by atoms with Gasteiger partial charge in [0, 0.05) is 19.0 Å². The van der Waals surface area contributed by atoms with Crippen molar-refractivity contribution in [3.8, 4) is 6.07 Å². The molecule has 0 aliphatic carbocycles. The molecule has 5 heteroatoms. The highest BCUT2D eigenvalue weighted by Gasteiger charge is 2.10. The summed E-state index contributed by atoms with van der Waals surface area (Å²) in [5.41, 5.74) is 2.33. The van der Waals surface area contributed by atoms with Crippen molar-refractivity contribution >= 4 is 17.3 Å². The fourth-order valence-electron chi connectivity index (χ4n) is 1.97. The molecule has 2 aromatic rings. The number of rotatable bonds is 4. The fraction of sp³-hybridized carbons (Fsp3) is 0.312. The minimum absolute atomic E-state index is 0.229. The second-order valence-electron chi connectivity index (χ2n) is 5.14. The number of aryl methyl sites for hydroxylation is 1. The van der Waals surface area contributed by atoms with Crippen LogP contribution >= 0.6 is 0 Å². The number of hydrogen-bond donors (Lipinski definition) is 2. The summed E-state index contributed by atoms with van der Waals surface area (Å²) in [6.07, 6.45) is 0. The minimum Gasteiger partial charge on any atom is -0.373 e. The first kappa shape index (κ1) is 14.8. The Morgan fingerprint density at radius 2 is 1.90 bits per heavy atom. The van der Waals surface area contributed by atoms with E-state index in [2.05, 4.69) is 26.7 Å². The van der Waals surface area contributed by atoms with Gasteiger partial charge in [-0.15, -0.1) is 0 Å². The molecule has 0 saturated carbocycles. The Bertz CT molecular complexity index is 686. The molecule has 0 fully saturated rings. The first-order valence-electron chi connectivity index (χ1n) is 6.88. The lowest BCUT2D eigenvalue weighted by Gasteiger charge is -2.13. The van der Waals surface area contributed by atoms with Crippen LogP contribution < -0.4 is 10.6 Å². The predicted octanol–water partition coefficient (Wildman–Crippen LogP) is 3.57. The molecule has 0 saturated heterocycles. The molecule has 5 nitrogen and oxygen atoms in total. The molecule has 0 aliphatic heterocycles. The van der Waals surface area contributed by atoms with E-state index >= 15 is 0 Å². The Kier molecular flexibility index (Phi) is 4.39. The van der Waals surface area contributed by atoms with Gasteiger partial charge < -0.3 is 10.6 Å². The number of nitriles is 1. The van der Waals surface area contributed by atoms with Crippen LogP contribution in [-0.2, 0) is 0 Å². The average molecular weight is 281 g/mol. The Morgan fingerprint density at radius 3 is 2.52 bits per heavy atom. The van der Waals surface area contributed by atoms with E-state index < -0.39 is 0 Å². The molecular formula is C16H19N5. The molecule has 1 aromatic carbocycles. The lowest BCUT2D eigenvalue weighted by molar-refractivity contribution is 0.778. The summed E-state index contributed by atoms with van der Waals surface area (Å²) in [6.45, 7) is 6.01. The first-order valence-corrected chi connectivity index (χ1v) is 6.88. The standard InChI is InChI=1S/C16H19N5/c1-10(2)16-20-14(18-4)8-15(21-16)19-13-7-5-6-11(3)12(13)9-17/h5-8,10H,1-4H3,(H2,18,19,20,21). The van der Waals surface area contributed by atoms with Gasteiger partial charge in [-0.25, -0.2) is 9.97 Å². The minimum atomic E-state index is 0.229. The third-order valence-corrected chi connectivity index (χ3v) is 3.16. The van der Waals surface area contributed by atoms with Gasteiger partial charge in [-0.3, -0.25) is 0 Å². The normalized spacial score (nSPS) is 10.3. The van der Waals surface area contributed by atoms with E-state index in [4.69, 9.17) is 0 Å². The van der Waals surface area contributed by atoms with E-state index in [1.807, 2.05) is 52.1 Å². The van der Waals surface area contributed by atoms with Gasteiger partial charge in [-0.05, 0) is 18.6 Å². The molecule has 0 spiro atoms. The highest BCUT2D eigenvalue weighted by atomic mass is 15.1. The van der Waals surface area contributed by atoms with Gasteiger partial charge in [0.05, 0.1) is 11.3 Å². The number of benzene rings is 1. The summed E-state index contributed by atoms with van der Waals surface area (Å²) in [4.78, 5) is 8.94. The van der Waals surface area contributed by atoms with Gasteiger partial charge >= 0.3 is 0 Å². The van der Waals surface area contributed by atoms with E-state index in [0.717, 1.165) is 22.9 Å². The van der Waals surface area contributed by atoms with Crippen molar-refractivity contribution < 1.29 is 0 Å². The van der Waals surface area contributed by atoms with Crippen LogP contribution in [0.3, 0.4) is 0 Å². The quantitative estimate of drug-likeness (QED) is 0.896. The first-order chi connectivity index (χ1) is 10.0. The van der Waals surface area contributed by atoms with Crippen LogP contribution in [0.15, 0.2) is 24.3 Å². The Hall–Kier alpha value is -2.61.